The van der Waals surface area contributed by atoms with Gasteiger partial charge in [-0.1, -0.05) is 61.5 Å². The normalized spacial score (nSPS) is 20.5. The Morgan fingerprint density at radius 2 is 1.88 bits per heavy atom. The standard InChI is InChI=1S/C26H33N3O4/c1-18(24(32-2)22-13-8-14-27-22)25(30)28-23(15-19-9-4-3-5-10-19)26(31)29-16-20-11-6-7-12-21(20)17-33-29/h3-7,9-12,18,22-24,27H,8,13-17H2,1-2H3,(H,28,30)/t18-,22+,23+,24-/m1/s1. The van der Waals surface area contributed by atoms with E-state index >= 15 is 0 Å². The molecule has 4 rings (SSSR count). The maximum Gasteiger partial charge on any atom is 0.269 e. The number of hydrogen-bond acceptors (Lipinski definition) is 5. The highest BCUT2D eigenvalue weighted by atomic mass is 16.7. The highest BCUT2D eigenvalue weighted by Gasteiger charge is 2.36. The molecule has 0 radical (unpaired) electrons. The summed E-state index contributed by atoms with van der Waals surface area (Å²) in [6.07, 6.45) is 2.18. The second kappa shape index (κ2) is 10.9. The van der Waals surface area contributed by atoms with Crippen molar-refractivity contribution < 1.29 is 19.2 Å². The minimum atomic E-state index is -0.735. The average molecular weight is 452 g/mol. The molecule has 2 amide bonds. The molecule has 0 aliphatic carbocycles. The molecule has 2 aromatic carbocycles. The Hall–Kier alpha value is -2.74. The maximum absolute atomic E-state index is 13.5. The van der Waals surface area contributed by atoms with Crippen LogP contribution in [0.3, 0.4) is 0 Å². The number of rotatable bonds is 8. The molecule has 2 N–H and O–H groups in total. The molecule has 0 unspecified atom stereocenters. The lowest BCUT2D eigenvalue weighted by molar-refractivity contribution is -0.203. The van der Waals surface area contributed by atoms with E-state index in [1.54, 1.807) is 7.11 Å². The largest absolute Gasteiger partial charge is 0.379 e. The molecule has 0 bridgehead atoms. The highest BCUT2D eigenvalue weighted by Crippen LogP contribution is 2.22. The molecule has 2 aliphatic heterocycles. The van der Waals surface area contributed by atoms with Gasteiger partial charge in [-0.15, -0.1) is 0 Å². The molecule has 1 saturated heterocycles. The van der Waals surface area contributed by atoms with E-state index in [-0.39, 0.29) is 24.0 Å². The molecule has 176 valence electrons. The summed E-state index contributed by atoms with van der Waals surface area (Å²) >= 11 is 0. The van der Waals surface area contributed by atoms with Crippen LogP contribution in [0.2, 0.25) is 0 Å². The number of methoxy groups -OCH3 is 1. The first kappa shape index (κ1) is 23.4. The number of amides is 2. The van der Waals surface area contributed by atoms with E-state index in [4.69, 9.17) is 9.57 Å². The summed E-state index contributed by atoms with van der Waals surface area (Å²) in [5.41, 5.74) is 3.11. The van der Waals surface area contributed by atoms with E-state index in [2.05, 4.69) is 10.6 Å². The molecule has 7 nitrogen and oxygen atoms in total. The quantitative estimate of drug-likeness (QED) is 0.645. The lowest BCUT2D eigenvalue weighted by atomic mass is 9.94. The van der Waals surface area contributed by atoms with Gasteiger partial charge in [-0.25, -0.2) is 5.06 Å². The molecule has 0 aromatic heterocycles. The molecule has 7 heteroatoms. The molecule has 0 spiro atoms. The van der Waals surface area contributed by atoms with Crippen LogP contribution < -0.4 is 10.6 Å². The third-order valence-corrected chi connectivity index (χ3v) is 6.62. The molecule has 33 heavy (non-hydrogen) atoms. The Morgan fingerprint density at radius 3 is 2.58 bits per heavy atom. The zero-order valence-corrected chi connectivity index (χ0v) is 19.3. The monoisotopic (exact) mass is 451 g/mol. The minimum absolute atomic E-state index is 0.140. The number of ether oxygens (including phenoxy) is 1. The van der Waals surface area contributed by atoms with E-state index in [9.17, 15) is 9.59 Å². The summed E-state index contributed by atoms with van der Waals surface area (Å²) in [6, 6.07) is 17.1. The van der Waals surface area contributed by atoms with Gasteiger partial charge in [0.1, 0.15) is 12.6 Å². The van der Waals surface area contributed by atoms with Gasteiger partial charge in [0.25, 0.3) is 5.91 Å². The summed E-state index contributed by atoms with van der Waals surface area (Å²) in [5, 5.41) is 7.81. The fourth-order valence-corrected chi connectivity index (χ4v) is 4.73. The zero-order chi connectivity index (χ0) is 23.2. The number of carbonyl (C=O) groups excluding carboxylic acids is 2. The smallest absolute Gasteiger partial charge is 0.269 e. The van der Waals surface area contributed by atoms with Gasteiger partial charge in [-0.2, -0.15) is 0 Å². The molecule has 2 heterocycles. The van der Waals surface area contributed by atoms with Crippen LogP contribution >= 0.6 is 0 Å². The predicted octanol–water partition coefficient (Wildman–Crippen LogP) is 2.59. The molecule has 0 saturated carbocycles. The predicted molar refractivity (Wildman–Crippen MR) is 125 cm³/mol. The third kappa shape index (κ3) is 5.61. The van der Waals surface area contributed by atoms with Gasteiger partial charge in [0.2, 0.25) is 5.91 Å². The molecular weight excluding hydrogens is 418 g/mol. The van der Waals surface area contributed by atoms with Gasteiger partial charge in [0.15, 0.2) is 0 Å². The Kier molecular flexibility index (Phi) is 7.75. The van der Waals surface area contributed by atoms with Crippen molar-refractivity contribution in [1.29, 1.82) is 0 Å². The van der Waals surface area contributed by atoms with E-state index in [1.165, 1.54) is 5.06 Å². The van der Waals surface area contributed by atoms with Crippen LogP contribution in [0.1, 0.15) is 36.5 Å². The molecule has 2 aromatic rings. The third-order valence-electron chi connectivity index (χ3n) is 6.62. The van der Waals surface area contributed by atoms with Crippen molar-refractivity contribution >= 4 is 11.8 Å². The van der Waals surface area contributed by atoms with Crippen molar-refractivity contribution in [3.63, 3.8) is 0 Å². The fourth-order valence-electron chi connectivity index (χ4n) is 4.73. The van der Waals surface area contributed by atoms with Crippen molar-refractivity contribution in [2.24, 2.45) is 5.92 Å². The van der Waals surface area contributed by atoms with Crippen LogP contribution in [0.4, 0.5) is 0 Å². The number of nitrogens with one attached hydrogen (secondary N) is 2. The van der Waals surface area contributed by atoms with Crippen molar-refractivity contribution in [1.82, 2.24) is 15.7 Å². The number of benzene rings is 2. The van der Waals surface area contributed by atoms with Crippen LogP contribution in [0.25, 0.3) is 0 Å². The molecular formula is C26H33N3O4. The Morgan fingerprint density at radius 1 is 1.15 bits per heavy atom. The van der Waals surface area contributed by atoms with Gasteiger partial charge in [-0.05, 0) is 36.1 Å². The molecule has 4 atom stereocenters. The lowest BCUT2D eigenvalue weighted by Gasteiger charge is -2.32. The number of fused-ring (bicyclic) bond motifs is 1. The first-order chi connectivity index (χ1) is 16.1. The Bertz CT molecular complexity index is 946. The van der Waals surface area contributed by atoms with E-state index in [0.717, 1.165) is 36.1 Å². The summed E-state index contributed by atoms with van der Waals surface area (Å²) in [5.74, 6) is -0.844. The van der Waals surface area contributed by atoms with Crippen molar-refractivity contribution in [3.8, 4) is 0 Å². The molecule has 1 fully saturated rings. The van der Waals surface area contributed by atoms with E-state index < -0.39 is 12.0 Å². The summed E-state index contributed by atoms with van der Waals surface area (Å²) in [7, 11) is 1.64. The van der Waals surface area contributed by atoms with Crippen LogP contribution in [-0.4, -0.2) is 48.7 Å². The van der Waals surface area contributed by atoms with Gasteiger partial charge in [0, 0.05) is 19.6 Å². The van der Waals surface area contributed by atoms with Gasteiger partial charge in [0.05, 0.1) is 18.6 Å². The van der Waals surface area contributed by atoms with Crippen molar-refractivity contribution in [3.05, 3.63) is 71.3 Å². The second-order valence-electron chi connectivity index (χ2n) is 8.86. The fraction of sp³-hybridized carbons (Fsp3) is 0.462. The SMILES string of the molecule is CO[C@@H]([C@@H]1CCCN1)[C@@H](C)C(=O)N[C@@H](Cc1ccccc1)C(=O)N1Cc2ccccc2CO1. The van der Waals surface area contributed by atoms with Crippen LogP contribution in [-0.2, 0) is 38.7 Å². The van der Waals surface area contributed by atoms with E-state index in [0.29, 0.717) is 19.6 Å². The molecule has 2 aliphatic rings. The zero-order valence-electron chi connectivity index (χ0n) is 19.3. The number of hydrogen-bond donors (Lipinski definition) is 2. The number of hydroxylamine groups is 2. The van der Waals surface area contributed by atoms with Gasteiger partial charge < -0.3 is 15.4 Å². The summed E-state index contributed by atoms with van der Waals surface area (Å²) in [6.45, 7) is 3.49. The summed E-state index contributed by atoms with van der Waals surface area (Å²) in [4.78, 5) is 32.5. The van der Waals surface area contributed by atoms with Crippen molar-refractivity contribution in [2.45, 2.75) is 57.5 Å². The lowest BCUT2D eigenvalue weighted by Crippen LogP contribution is -2.54. The van der Waals surface area contributed by atoms with Crippen LogP contribution in [0.5, 0.6) is 0 Å². The minimum Gasteiger partial charge on any atom is -0.379 e. The maximum atomic E-state index is 13.5. The second-order valence-corrected chi connectivity index (χ2v) is 8.86. The van der Waals surface area contributed by atoms with Crippen LogP contribution in [0, 0.1) is 5.92 Å². The van der Waals surface area contributed by atoms with Gasteiger partial charge in [-0.3, -0.25) is 14.4 Å². The van der Waals surface area contributed by atoms with Gasteiger partial charge >= 0.3 is 0 Å². The number of carbonyl (C=O) groups is 2. The average Bonchev–Trinajstić information content (AvgIpc) is 3.38. The first-order valence-corrected chi connectivity index (χ1v) is 11.7. The van der Waals surface area contributed by atoms with Crippen LogP contribution in [0.15, 0.2) is 54.6 Å². The van der Waals surface area contributed by atoms with E-state index in [1.807, 2.05) is 61.5 Å². The first-order valence-electron chi connectivity index (χ1n) is 11.7. The topological polar surface area (TPSA) is 79.9 Å². The Balaban J connectivity index is 1.49. The number of nitrogens with zero attached hydrogens (tertiary/aromatic N) is 1. The highest BCUT2D eigenvalue weighted by molar-refractivity contribution is 5.88. The Labute approximate surface area is 195 Å². The summed E-state index contributed by atoms with van der Waals surface area (Å²) < 4.78 is 5.69. The van der Waals surface area contributed by atoms with Crippen molar-refractivity contribution in [2.75, 3.05) is 13.7 Å².